The van der Waals surface area contributed by atoms with Gasteiger partial charge in [0.15, 0.2) is 0 Å². The summed E-state index contributed by atoms with van der Waals surface area (Å²) < 4.78 is 23.5. The molecule has 1 saturated heterocycles. The third kappa shape index (κ3) is 1.95. The molecule has 72 valence electrons. The maximum absolute atomic E-state index is 11.1. The van der Waals surface area contributed by atoms with Crippen LogP contribution in [0.4, 0.5) is 0 Å². The molecule has 0 amide bonds. The Bertz CT molecular complexity index is 242. The lowest BCUT2D eigenvalue weighted by atomic mass is 10.2. The van der Waals surface area contributed by atoms with Crippen molar-refractivity contribution in [3.05, 3.63) is 0 Å². The van der Waals surface area contributed by atoms with Gasteiger partial charge in [-0.2, -0.15) is 12.7 Å². The summed E-state index contributed by atoms with van der Waals surface area (Å²) in [5.41, 5.74) is 0. The second-order valence-electron chi connectivity index (χ2n) is 3.23. The Morgan fingerprint density at radius 1 is 1.33 bits per heavy atom. The van der Waals surface area contributed by atoms with Crippen LogP contribution < -0.4 is 10.5 Å². The van der Waals surface area contributed by atoms with Crippen molar-refractivity contribution in [2.75, 3.05) is 13.1 Å². The minimum absolute atomic E-state index is 0.0521. The molecule has 0 saturated carbocycles. The Balaban J connectivity index is 2.84. The van der Waals surface area contributed by atoms with E-state index in [0.717, 1.165) is 0 Å². The van der Waals surface area contributed by atoms with Crippen LogP contribution in [-0.2, 0) is 10.2 Å². The Hall–Kier alpha value is -0.170. The second kappa shape index (κ2) is 3.29. The van der Waals surface area contributed by atoms with E-state index in [9.17, 15) is 8.42 Å². The van der Waals surface area contributed by atoms with Gasteiger partial charge in [0.25, 0.3) is 10.2 Å². The molecule has 12 heavy (non-hydrogen) atoms. The molecule has 1 aliphatic heterocycles. The largest absolute Gasteiger partial charge is 0.314 e. The van der Waals surface area contributed by atoms with Crippen LogP contribution in [0.15, 0.2) is 0 Å². The summed E-state index contributed by atoms with van der Waals surface area (Å²) in [6.07, 6.45) is 0. The zero-order valence-corrected chi connectivity index (χ0v) is 8.13. The van der Waals surface area contributed by atoms with Crippen molar-refractivity contribution >= 4 is 10.2 Å². The average Bonchev–Trinajstić information content (AvgIpc) is 1.82. The molecule has 1 rings (SSSR count). The van der Waals surface area contributed by atoms with Gasteiger partial charge in [0.05, 0.1) is 0 Å². The molecule has 0 aromatic heterocycles. The molecular formula is C6H15N3O2S. The van der Waals surface area contributed by atoms with Crippen LogP contribution in [-0.4, -0.2) is 37.9 Å². The fourth-order valence-corrected chi connectivity index (χ4v) is 2.77. The van der Waals surface area contributed by atoms with Gasteiger partial charge in [0.2, 0.25) is 0 Å². The van der Waals surface area contributed by atoms with E-state index >= 15 is 0 Å². The van der Waals surface area contributed by atoms with Crippen LogP contribution >= 0.6 is 0 Å². The van der Waals surface area contributed by atoms with Gasteiger partial charge < -0.3 is 5.32 Å². The minimum Gasteiger partial charge on any atom is -0.314 e. The van der Waals surface area contributed by atoms with Crippen molar-refractivity contribution in [3.8, 4) is 0 Å². The van der Waals surface area contributed by atoms with Gasteiger partial charge in [-0.1, -0.05) is 0 Å². The summed E-state index contributed by atoms with van der Waals surface area (Å²) in [4.78, 5) is 0. The van der Waals surface area contributed by atoms with Crippen molar-refractivity contribution < 1.29 is 8.42 Å². The number of nitrogens with one attached hydrogen (secondary N) is 1. The number of hydrogen-bond donors (Lipinski definition) is 2. The summed E-state index contributed by atoms with van der Waals surface area (Å²) in [7, 11) is -3.53. The van der Waals surface area contributed by atoms with E-state index in [1.807, 2.05) is 13.8 Å². The van der Waals surface area contributed by atoms with Gasteiger partial charge in [-0.25, -0.2) is 5.14 Å². The molecule has 0 aromatic rings. The molecule has 0 aliphatic carbocycles. The predicted octanol–water partition coefficient (Wildman–Crippen LogP) is -1.13. The van der Waals surface area contributed by atoms with E-state index in [2.05, 4.69) is 5.32 Å². The van der Waals surface area contributed by atoms with Crippen molar-refractivity contribution in [3.63, 3.8) is 0 Å². The van der Waals surface area contributed by atoms with E-state index in [1.165, 1.54) is 4.31 Å². The highest BCUT2D eigenvalue weighted by Crippen LogP contribution is 2.11. The topological polar surface area (TPSA) is 75.4 Å². The standard InChI is InChI=1S/C6H15N3O2S/c1-5-3-8-4-6(2)9(5)12(7,10)11/h5-6,8H,3-4H2,1-2H3,(H2,7,10,11). The van der Waals surface area contributed by atoms with Gasteiger partial charge in [0.1, 0.15) is 0 Å². The average molecular weight is 193 g/mol. The first kappa shape index (κ1) is 9.91. The highest BCUT2D eigenvalue weighted by molar-refractivity contribution is 7.86. The number of piperazine rings is 1. The van der Waals surface area contributed by atoms with Crippen LogP contribution in [0.25, 0.3) is 0 Å². The number of nitrogens with zero attached hydrogens (tertiary/aromatic N) is 1. The van der Waals surface area contributed by atoms with Crippen LogP contribution in [0.2, 0.25) is 0 Å². The minimum atomic E-state index is -3.53. The summed E-state index contributed by atoms with van der Waals surface area (Å²) >= 11 is 0. The molecule has 0 spiro atoms. The van der Waals surface area contributed by atoms with Crippen molar-refractivity contribution in [1.29, 1.82) is 0 Å². The maximum atomic E-state index is 11.1. The Kier molecular flexibility index (Phi) is 2.72. The summed E-state index contributed by atoms with van der Waals surface area (Å²) in [6.45, 7) is 5.02. The van der Waals surface area contributed by atoms with Gasteiger partial charge in [0, 0.05) is 25.2 Å². The first-order chi connectivity index (χ1) is 5.43. The fraction of sp³-hybridized carbons (Fsp3) is 1.00. The van der Waals surface area contributed by atoms with Crippen LogP contribution in [0.1, 0.15) is 13.8 Å². The highest BCUT2D eigenvalue weighted by atomic mass is 32.2. The van der Waals surface area contributed by atoms with Gasteiger partial charge in [-0.15, -0.1) is 0 Å². The van der Waals surface area contributed by atoms with Crippen LogP contribution in [0, 0.1) is 0 Å². The Morgan fingerprint density at radius 3 is 2.00 bits per heavy atom. The van der Waals surface area contributed by atoms with Crippen molar-refractivity contribution in [1.82, 2.24) is 9.62 Å². The third-order valence-electron chi connectivity index (χ3n) is 2.04. The monoisotopic (exact) mass is 193 g/mol. The van der Waals surface area contributed by atoms with Gasteiger partial charge in [-0.3, -0.25) is 0 Å². The lowest BCUT2D eigenvalue weighted by Gasteiger charge is -2.36. The summed E-state index contributed by atoms with van der Waals surface area (Å²) in [5.74, 6) is 0. The quantitative estimate of drug-likeness (QED) is 0.553. The SMILES string of the molecule is CC1CNCC(C)N1S(N)(=O)=O. The Labute approximate surface area is 73.1 Å². The third-order valence-corrected chi connectivity index (χ3v) is 3.35. The van der Waals surface area contributed by atoms with Crippen molar-refractivity contribution in [2.45, 2.75) is 25.9 Å². The lowest BCUT2D eigenvalue weighted by Crippen LogP contribution is -2.58. The smallest absolute Gasteiger partial charge is 0.277 e. The zero-order valence-electron chi connectivity index (χ0n) is 7.32. The van der Waals surface area contributed by atoms with Gasteiger partial charge in [-0.05, 0) is 13.8 Å². The predicted molar refractivity (Wildman–Crippen MR) is 46.7 cm³/mol. The molecule has 5 nitrogen and oxygen atoms in total. The zero-order chi connectivity index (χ0) is 9.35. The second-order valence-corrected chi connectivity index (χ2v) is 4.68. The molecule has 0 aromatic carbocycles. The highest BCUT2D eigenvalue weighted by Gasteiger charge is 2.31. The molecule has 6 heteroatoms. The summed E-state index contributed by atoms with van der Waals surface area (Å²) in [5, 5.41) is 8.19. The first-order valence-corrected chi connectivity index (χ1v) is 5.45. The first-order valence-electron chi connectivity index (χ1n) is 3.95. The molecule has 2 atom stereocenters. The van der Waals surface area contributed by atoms with Gasteiger partial charge >= 0.3 is 0 Å². The Morgan fingerprint density at radius 2 is 1.75 bits per heavy atom. The molecule has 1 heterocycles. The number of rotatable bonds is 1. The molecule has 1 fully saturated rings. The van der Waals surface area contributed by atoms with Crippen molar-refractivity contribution in [2.24, 2.45) is 5.14 Å². The van der Waals surface area contributed by atoms with E-state index in [4.69, 9.17) is 5.14 Å². The van der Waals surface area contributed by atoms with Crippen LogP contribution in [0.3, 0.4) is 0 Å². The fourth-order valence-electron chi connectivity index (χ4n) is 1.62. The maximum Gasteiger partial charge on any atom is 0.277 e. The van der Waals surface area contributed by atoms with E-state index < -0.39 is 10.2 Å². The van der Waals surface area contributed by atoms with Crippen LogP contribution in [0.5, 0.6) is 0 Å². The van der Waals surface area contributed by atoms with E-state index in [-0.39, 0.29) is 12.1 Å². The summed E-state index contributed by atoms with van der Waals surface area (Å²) in [6, 6.07) is -0.104. The molecule has 2 unspecified atom stereocenters. The lowest BCUT2D eigenvalue weighted by molar-refractivity contribution is 0.220. The molecular weight excluding hydrogens is 178 g/mol. The number of hydrogen-bond acceptors (Lipinski definition) is 3. The number of nitrogens with two attached hydrogens (primary N) is 1. The van der Waals surface area contributed by atoms with E-state index in [0.29, 0.717) is 13.1 Å². The molecule has 0 bridgehead atoms. The van der Waals surface area contributed by atoms with E-state index in [1.54, 1.807) is 0 Å². The molecule has 1 aliphatic rings. The molecule has 3 N–H and O–H groups in total. The molecule has 0 radical (unpaired) electrons. The normalized spacial score (nSPS) is 33.6.